The number of rotatable bonds is 2. The molecule has 0 radical (unpaired) electrons. The van der Waals surface area contributed by atoms with E-state index in [-0.39, 0.29) is 5.75 Å². The average molecular weight is 293 g/mol. The second-order valence-electron chi connectivity index (χ2n) is 4.64. The van der Waals surface area contributed by atoms with E-state index in [1.165, 1.54) is 0 Å². The van der Waals surface area contributed by atoms with Gasteiger partial charge in [0.1, 0.15) is 17.6 Å². The molecule has 102 valence electrons. The summed E-state index contributed by atoms with van der Waals surface area (Å²) in [5.74, 6) is 0.186. The van der Waals surface area contributed by atoms with Gasteiger partial charge in [-0.1, -0.05) is 36.4 Å². The summed E-state index contributed by atoms with van der Waals surface area (Å²) in [5.41, 5.74) is 3.47. The summed E-state index contributed by atoms with van der Waals surface area (Å²) in [6.07, 6.45) is 1.69. The Kier molecular flexibility index (Phi) is 2.72. The number of imidazole rings is 1. The molecule has 0 saturated carbocycles. The Morgan fingerprint density at radius 3 is 2.71 bits per heavy atom. The van der Waals surface area contributed by atoms with Gasteiger partial charge >= 0.3 is 0 Å². The maximum Gasteiger partial charge on any atom is 0.195 e. The van der Waals surface area contributed by atoms with Gasteiger partial charge in [0.2, 0.25) is 0 Å². The van der Waals surface area contributed by atoms with Gasteiger partial charge in [-0.3, -0.25) is 4.57 Å². The van der Waals surface area contributed by atoms with E-state index in [0.717, 1.165) is 21.9 Å². The van der Waals surface area contributed by atoms with E-state index in [9.17, 15) is 5.11 Å². The number of nitrogens with zero attached hydrogens (tertiary/aromatic N) is 3. The van der Waals surface area contributed by atoms with Crippen molar-refractivity contribution in [1.82, 2.24) is 14.5 Å². The van der Waals surface area contributed by atoms with Crippen LogP contribution in [0.3, 0.4) is 0 Å². The minimum atomic E-state index is 0.186. The van der Waals surface area contributed by atoms with Gasteiger partial charge in [-0.05, 0) is 12.1 Å². The zero-order chi connectivity index (χ0) is 14.2. The highest BCUT2D eigenvalue weighted by Crippen LogP contribution is 2.28. The lowest BCUT2D eigenvalue weighted by atomic mass is 10.2. The smallest absolute Gasteiger partial charge is 0.195 e. The van der Waals surface area contributed by atoms with Crippen molar-refractivity contribution in [3.63, 3.8) is 0 Å². The summed E-state index contributed by atoms with van der Waals surface area (Å²) in [7, 11) is 0. The molecule has 0 unspecified atom stereocenters. The van der Waals surface area contributed by atoms with Gasteiger partial charge in [-0.15, -0.1) is 11.3 Å². The van der Waals surface area contributed by atoms with Crippen LogP contribution in [0.5, 0.6) is 5.75 Å². The number of benzene rings is 2. The average Bonchev–Trinajstić information content (AvgIpc) is 3.15. The Balaban J connectivity index is 1.83. The zero-order valence-corrected chi connectivity index (χ0v) is 11.8. The van der Waals surface area contributed by atoms with Crippen LogP contribution in [0.1, 0.15) is 0 Å². The second kappa shape index (κ2) is 4.71. The number of fused-ring (bicyclic) bond motifs is 1. The quantitative estimate of drug-likeness (QED) is 0.610. The van der Waals surface area contributed by atoms with Crippen LogP contribution in [0.25, 0.3) is 27.4 Å². The number of phenols is 1. The molecular weight excluding hydrogens is 282 g/mol. The molecule has 4 nitrogen and oxygen atoms in total. The molecule has 2 aromatic carbocycles. The highest BCUT2D eigenvalue weighted by atomic mass is 32.1. The number of hydrogen-bond donors (Lipinski definition) is 1. The first-order valence-corrected chi connectivity index (χ1v) is 7.37. The van der Waals surface area contributed by atoms with E-state index in [1.54, 1.807) is 23.7 Å². The van der Waals surface area contributed by atoms with Gasteiger partial charge in [-0.2, -0.15) is 0 Å². The molecule has 0 aliphatic carbocycles. The molecular formula is C16H11N3OS. The molecule has 2 aromatic heterocycles. The summed E-state index contributed by atoms with van der Waals surface area (Å²) in [6, 6.07) is 15.4. The van der Waals surface area contributed by atoms with E-state index in [2.05, 4.69) is 9.97 Å². The van der Waals surface area contributed by atoms with Crippen molar-refractivity contribution in [2.45, 2.75) is 0 Å². The molecule has 0 fully saturated rings. The van der Waals surface area contributed by atoms with E-state index >= 15 is 0 Å². The molecule has 5 heteroatoms. The lowest BCUT2D eigenvalue weighted by Gasteiger charge is -1.99. The molecule has 0 aliphatic heterocycles. The van der Waals surface area contributed by atoms with E-state index in [0.29, 0.717) is 5.52 Å². The maximum absolute atomic E-state index is 9.82. The van der Waals surface area contributed by atoms with Gasteiger partial charge in [0.15, 0.2) is 5.13 Å². The number of aromatic nitrogens is 3. The summed E-state index contributed by atoms with van der Waals surface area (Å²) >= 11 is 1.55. The highest BCUT2D eigenvalue weighted by Gasteiger charge is 2.11. The van der Waals surface area contributed by atoms with Crippen LogP contribution in [-0.4, -0.2) is 19.6 Å². The lowest BCUT2D eigenvalue weighted by Crippen LogP contribution is -1.90. The summed E-state index contributed by atoms with van der Waals surface area (Å²) in [4.78, 5) is 8.92. The molecule has 4 aromatic rings. The van der Waals surface area contributed by atoms with Gasteiger partial charge in [0.05, 0.1) is 11.2 Å². The molecule has 0 spiro atoms. The van der Waals surface area contributed by atoms with Crippen LogP contribution in [0.4, 0.5) is 0 Å². The molecule has 2 heterocycles. The van der Waals surface area contributed by atoms with Crippen LogP contribution in [0.15, 0.2) is 60.2 Å². The molecule has 1 N–H and O–H groups in total. The van der Waals surface area contributed by atoms with Crippen molar-refractivity contribution < 1.29 is 5.11 Å². The van der Waals surface area contributed by atoms with Crippen molar-refractivity contribution in [2.24, 2.45) is 0 Å². The number of phenolic OH excluding ortho intramolecular Hbond substituents is 1. The number of para-hydroxylation sites is 1. The van der Waals surface area contributed by atoms with E-state index in [1.807, 2.05) is 52.4 Å². The number of aromatic hydroxyl groups is 1. The Morgan fingerprint density at radius 2 is 1.86 bits per heavy atom. The molecule has 0 aliphatic rings. The highest BCUT2D eigenvalue weighted by molar-refractivity contribution is 7.12. The first-order chi connectivity index (χ1) is 10.3. The molecule has 0 amide bonds. The minimum absolute atomic E-state index is 0.186. The summed E-state index contributed by atoms with van der Waals surface area (Å²) in [6.45, 7) is 0. The zero-order valence-electron chi connectivity index (χ0n) is 11.0. The van der Waals surface area contributed by atoms with Crippen LogP contribution in [0.2, 0.25) is 0 Å². The predicted molar refractivity (Wildman–Crippen MR) is 83.8 cm³/mol. The number of hydrogen-bond acceptors (Lipinski definition) is 4. The maximum atomic E-state index is 9.82. The van der Waals surface area contributed by atoms with Crippen LogP contribution in [0, 0.1) is 0 Å². The van der Waals surface area contributed by atoms with Gasteiger partial charge in [0.25, 0.3) is 0 Å². The van der Waals surface area contributed by atoms with Gasteiger partial charge < -0.3 is 5.11 Å². The van der Waals surface area contributed by atoms with Crippen molar-refractivity contribution in [2.75, 3.05) is 0 Å². The summed E-state index contributed by atoms with van der Waals surface area (Å²) < 4.78 is 1.90. The van der Waals surface area contributed by atoms with Crippen LogP contribution in [-0.2, 0) is 0 Å². The van der Waals surface area contributed by atoms with Crippen molar-refractivity contribution >= 4 is 22.4 Å². The van der Waals surface area contributed by atoms with Gasteiger partial charge in [0, 0.05) is 10.9 Å². The third kappa shape index (κ3) is 1.98. The first kappa shape index (κ1) is 12.1. The molecule has 21 heavy (non-hydrogen) atoms. The fourth-order valence-corrected chi connectivity index (χ4v) is 3.11. The minimum Gasteiger partial charge on any atom is -0.506 e. The molecule has 0 saturated heterocycles. The normalized spacial score (nSPS) is 11.0. The fourth-order valence-electron chi connectivity index (χ4n) is 2.29. The topological polar surface area (TPSA) is 50.9 Å². The fraction of sp³-hybridized carbons (Fsp3) is 0. The number of thiazole rings is 1. The Bertz CT molecular complexity index is 912. The Morgan fingerprint density at radius 1 is 1.00 bits per heavy atom. The monoisotopic (exact) mass is 293 g/mol. The molecule has 0 atom stereocenters. The standard InChI is InChI=1S/C16H11N3OS/c20-14-8-4-7-13-15(14)17-10-19(13)16-18-12(9-21-16)11-5-2-1-3-6-11/h1-10,20H. The third-order valence-electron chi connectivity index (χ3n) is 3.32. The van der Waals surface area contributed by atoms with E-state index < -0.39 is 0 Å². The second-order valence-corrected chi connectivity index (χ2v) is 5.48. The predicted octanol–water partition coefficient (Wildman–Crippen LogP) is 3.85. The van der Waals surface area contributed by atoms with E-state index in [4.69, 9.17) is 0 Å². The van der Waals surface area contributed by atoms with Crippen molar-refractivity contribution in [1.29, 1.82) is 0 Å². The SMILES string of the molecule is Oc1cccc2c1ncn2-c1nc(-c2ccccc2)cs1. The Labute approximate surface area is 125 Å². The molecule has 4 rings (SSSR count). The lowest BCUT2D eigenvalue weighted by molar-refractivity contribution is 0.480. The first-order valence-electron chi connectivity index (χ1n) is 6.49. The van der Waals surface area contributed by atoms with Crippen LogP contribution < -0.4 is 0 Å². The summed E-state index contributed by atoms with van der Waals surface area (Å²) in [5, 5.41) is 12.7. The van der Waals surface area contributed by atoms with Crippen molar-refractivity contribution in [3.05, 3.63) is 60.2 Å². The third-order valence-corrected chi connectivity index (χ3v) is 4.16. The molecule has 0 bridgehead atoms. The Hall–Kier alpha value is -2.66. The van der Waals surface area contributed by atoms with Crippen molar-refractivity contribution in [3.8, 4) is 22.1 Å². The van der Waals surface area contributed by atoms with Crippen LogP contribution >= 0.6 is 11.3 Å². The van der Waals surface area contributed by atoms with Gasteiger partial charge in [-0.25, -0.2) is 9.97 Å². The largest absolute Gasteiger partial charge is 0.506 e.